The van der Waals surface area contributed by atoms with Gasteiger partial charge < -0.3 is 0 Å². The molecule has 0 atom stereocenters. The molecule has 2 N–H and O–H groups in total. The lowest BCUT2D eigenvalue weighted by atomic mass is 10.2. The van der Waals surface area contributed by atoms with Gasteiger partial charge in [-0.1, -0.05) is 29.3 Å². The summed E-state index contributed by atoms with van der Waals surface area (Å²) < 4.78 is 0. The smallest absolute Gasteiger partial charge is 0.269 e. The first-order chi connectivity index (χ1) is 11.0. The molecule has 0 fully saturated rings. The maximum atomic E-state index is 11.9. The SMILES string of the molecule is Cc1ccc(C)c(SCC(=O)NNC(=O)c2ccc(Cl)cc2)c1. The number of hydrazine groups is 1. The number of nitrogens with one attached hydrogen (secondary N) is 2. The van der Waals surface area contributed by atoms with E-state index in [1.54, 1.807) is 24.3 Å². The van der Waals surface area contributed by atoms with E-state index in [9.17, 15) is 9.59 Å². The highest BCUT2D eigenvalue weighted by molar-refractivity contribution is 8.00. The third-order valence-electron chi connectivity index (χ3n) is 3.12. The monoisotopic (exact) mass is 348 g/mol. The number of rotatable bonds is 4. The van der Waals surface area contributed by atoms with Crippen LogP contribution in [-0.2, 0) is 4.79 Å². The van der Waals surface area contributed by atoms with Crippen LogP contribution in [0.25, 0.3) is 0 Å². The summed E-state index contributed by atoms with van der Waals surface area (Å²) in [6.45, 7) is 4.01. The predicted octanol–water partition coefficient (Wildman–Crippen LogP) is 3.51. The van der Waals surface area contributed by atoms with Gasteiger partial charge in [0.05, 0.1) is 5.75 Å². The van der Waals surface area contributed by atoms with Crippen LogP contribution in [0.1, 0.15) is 21.5 Å². The molecule has 0 unspecified atom stereocenters. The quantitative estimate of drug-likeness (QED) is 0.656. The Morgan fingerprint density at radius 2 is 1.74 bits per heavy atom. The minimum Gasteiger partial charge on any atom is -0.272 e. The number of hydrogen-bond acceptors (Lipinski definition) is 3. The van der Waals surface area contributed by atoms with Crippen molar-refractivity contribution in [3.63, 3.8) is 0 Å². The Balaban J connectivity index is 1.82. The van der Waals surface area contributed by atoms with Crippen LogP contribution in [0.5, 0.6) is 0 Å². The van der Waals surface area contributed by atoms with Crippen LogP contribution >= 0.6 is 23.4 Å². The van der Waals surface area contributed by atoms with Gasteiger partial charge in [-0.2, -0.15) is 0 Å². The first kappa shape index (κ1) is 17.4. The number of carbonyl (C=O) groups excluding carboxylic acids is 2. The molecule has 23 heavy (non-hydrogen) atoms. The number of halogens is 1. The van der Waals surface area contributed by atoms with Crippen LogP contribution in [0.15, 0.2) is 47.4 Å². The summed E-state index contributed by atoms with van der Waals surface area (Å²) in [7, 11) is 0. The minimum atomic E-state index is -0.383. The maximum Gasteiger partial charge on any atom is 0.269 e. The van der Waals surface area contributed by atoms with Crippen molar-refractivity contribution in [2.24, 2.45) is 0 Å². The average Bonchev–Trinajstić information content (AvgIpc) is 2.54. The fourth-order valence-electron chi connectivity index (χ4n) is 1.84. The summed E-state index contributed by atoms with van der Waals surface area (Å²) in [5.74, 6) is -0.421. The molecule has 0 saturated carbocycles. The van der Waals surface area contributed by atoms with Gasteiger partial charge >= 0.3 is 0 Å². The van der Waals surface area contributed by atoms with E-state index in [4.69, 9.17) is 11.6 Å². The first-order valence-electron chi connectivity index (χ1n) is 7.00. The third-order valence-corrected chi connectivity index (χ3v) is 4.53. The largest absolute Gasteiger partial charge is 0.272 e. The molecule has 120 valence electrons. The summed E-state index contributed by atoms with van der Waals surface area (Å²) in [6, 6.07) is 12.5. The normalized spacial score (nSPS) is 10.2. The standard InChI is InChI=1S/C17H17ClN2O2S/c1-11-3-4-12(2)15(9-11)23-10-16(21)19-20-17(22)13-5-7-14(18)8-6-13/h3-9H,10H2,1-2H3,(H,19,21)(H,20,22). The molecule has 0 heterocycles. The number of hydrogen-bond donors (Lipinski definition) is 2. The Morgan fingerprint density at radius 1 is 1.04 bits per heavy atom. The van der Waals surface area contributed by atoms with E-state index in [0.717, 1.165) is 16.0 Å². The molecular formula is C17H17ClN2O2S. The van der Waals surface area contributed by atoms with Crippen molar-refractivity contribution >= 4 is 35.2 Å². The van der Waals surface area contributed by atoms with E-state index in [1.165, 1.54) is 11.8 Å². The number of carbonyl (C=O) groups is 2. The average molecular weight is 349 g/mol. The van der Waals surface area contributed by atoms with E-state index >= 15 is 0 Å². The zero-order valence-electron chi connectivity index (χ0n) is 12.9. The topological polar surface area (TPSA) is 58.2 Å². The highest BCUT2D eigenvalue weighted by Crippen LogP contribution is 2.23. The van der Waals surface area contributed by atoms with E-state index in [1.807, 2.05) is 32.0 Å². The highest BCUT2D eigenvalue weighted by Gasteiger charge is 2.08. The van der Waals surface area contributed by atoms with Crippen molar-refractivity contribution in [2.75, 3.05) is 5.75 Å². The fraction of sp³-hybridized carbons (Fsp3) is 0.176. The number of benzene rings is 2. The second-order valence-corrected chi connectivity index (χ2v) is 6.52. The summed E-state index contributed by atoms with van der Waals surface area (Å²) in [4.78, 5) is 24.8. The lowest BCUT2D eigenvalue weighted by molar-refractivity contribution is -0.119. The first-order valence-corrected chi connectivity index (χ1v) is 8.37. The molecule has 2 aromatic carbocycles. The Kier molecular flexibility index (Phi) is 6.07. The number of thioether (sulfide) groups is 1. The van der Waals surface area contributed by atoms with Crippen molar-refractivity contribution in [2.45, 2.75) is 18.7 Å². The molecular weight excluding hydrogens is 332 g/mol. The Hall–Kier alpha value is -1.98. The van der Waals surface area contributed by atoms with Crippen molar-refractivity contribution in [3.05, 3.63) is 64.2 Å². The Bertz CT molecular complexity index is 717. The number of amides is 2. The van der Waals surface area contributed by atoms with Crippen LogP contribution in [-0.4, -0.2) is 17.6 Å². The van der Waals surface area contributed by atoms with Gasteiger partial charge in [-0.05, 0) is 49.7 Å². The van der Waals surface area contributed by atoms with Gasteiger partial charge in [0.25, 0.3) is 5.91 Å². The molecule has 0 aliphatic carbocycles. The van der Waals surface area contributed by atoms with Gasteiger partial charge in [0.15, 0.2) is 0 Å². The van der Waals surface area contributed by atoms with Crippen molar-refractivity contribution in [1.29, 1.82) is 0 Å². The van der Waals surface area contributed by atoms with E-state index in [0.29, 0.717) is 10.6 Å². The molecule has 0 bridgehead atoms. The van der Waals surface area contributed by atoms with Crippen LogP contribution < -0.4 is 10.9 Å². The van der Waals surface area contributed by atoms with Gasteiger partial charge in [0.2, 0.25) is 5.91 Å². The summed E-state index contributed by atoms with van der Waals surface area (Å²) in [6.07, 6.45) is 0. The summed E-state index contributed by atoms with van der Waals surface area (Å²) in [5, 5.41) is 0.551. The molecule has 6 heteroatoms. The Morgan fingerprint density at radius 3 is 2.43 bits per heavy atom. The van der Waals surface area contributed by atoms with E-state index in [2.05, 4.69) is 10.9 Å². The van der Waals surface area contributed by atoms with Crippen molar-refractivity contribution in [1.82, 2.24) is 10.9 Å². The molecule has 0 aromatic heterocycles. The minimum absolute atomic E-state index is 0.227. The van der Waals surface area contributed by atoms with Crippen LogP contribution in [0.2, 0.25) is 5.02 Å². The van der Waals surface area contributed by atoms with Crippen LogP contribution in [0.4, 0.5) is 0 Å². The second-order valence-electron chi connectivity index (χ2n) is 5.07. The third kappa shape index (κ3) is 5.30. The van der Waals surface area contributed by atoms with Gasteiger partial charge in [-0.15, -0.1) is 11.8 Å². The highest BCUT2D eigenvalue weighted by atomic mass is 35.5. The van der Waals surface area contributed by atoms with Crippen molar-refractivity contribution in [3.8, 4) is 0 Å². The van der Waals surface area contributed by atoms with Gasteiger partial charge in [0, 0.05) is 15.5 Å². The lowest BCUT2D eigenvalue weighted by Gasteiger charge is -2.09. The molecule has 0 aliphatic rings. The predicted molar refractivity (Wildman–Crippen MR) is 93.7 cm³/mol. The molecule has 2 rings (SSSR count). The van der Waals surface area contributed by atoms with Crippen molar-refractivity contribution < 1.29 is 9.59 Å². The van der Waals surface area contributed by atoms with Gasteiger partial charge in [-0.3, -0.25) is 20.4 Å². The summed E-state index contributed by atoms with van der Waals surface area (Å²) >= 11 is 7.20. The maximum absolute atomic E-state index is 11.9. The number of aryl methyl sites for hydroxylation is 2. The molecule has 2 amide bonds. The van der Waals surface area contributed by atoms with E-state index < -0.39 is 0 Å². The zero-order chi connectivity index (χ0) is 16.8. The molecule has 0 aliphatic heterocycles. The molecule has 4 nitrogen and oxygen atoms in total. The Labute approximate surface area is 144 Å². The zero-order valence-corrected chi connectivity index (χ0v) is 14.4. The van der Waals surface area contributed by atoms with Gasteiger partial charge in [0.1, 0.15) is 0 Å². The van der Waals surface area contributed by atoms with Crippen LogP contribution in [0.3, 0.4) is 0 Å². The fourth-order valence-corrected chi connectivity index (χ4v) is 2.89. The summed E-state index contributed by atoms with van der Waals surface area (Å²) in [5.41, 5.74) is 7.49. The molecule has 0 spiro atoms. The van der Waals surface area contributed by atoms with Gasteiger partial charge in [-0.25, -0.2) is 0 Å². The molecule has 0 saturated heterocycles. The van der Waals surface area contributed by atoms with Crippen LogP contribution in [0, 0.1) is 13.8 Å². The van der Waals surface area contributed by atoms with E-state index in [-0.39, 0.29) is 17.6 Å². The molecule has 2 aromatic rings. The second kappa shape index (κ2) is 8.04. The lowest BCUT2D eigenvalue weighted by Crippen LogP contribution is -2.42. The molecule has 0 radical (unpaired) electrons.